The van der Waals surface area contributed by atoms with E-state index in [1.165, 1.54) is 11.3 Å². The number of hydrazine groups is 1. The highest BCUT2D eigenvalue weighted by atomic mass is 16.2. The first-order chi connectivity index (χ1) is 19.1. The van der Waals surface area contributed by atoms with Crippen molar-refractivity contribution in [3.8, 4) is 0 Å². The molecule has 0 saturated carbocycles. The number of benzene rings is 3. The van der Waals surface area contributed by atoms with E-state index in [0.717, 1.165) is 53.9 Å². The Hall–Kier alpha value is -4.49. The molecule has 39 heavy (non-hydrogen) atoms. The van der Waals surface area contributed by atoms with Gasteiger partial charge in [0.05, 0.1) is 35.0 Å². The highest BCUT2D eigenvalue weighted by Crippen LogP contribution is 2.34. The van der Waals surface area contributed by atoms with Crippen LogP contribution in [0.4, 0.5) is 5.69 Å². The van der Waals surface area contributed by atoms with Crippen molar-refractivity contribution in [1.29, 1.82) is 0 Å². The number of fused-ring (bicyclic) bond motifs is 2. The maximum atomic E-state index is 12.9. The van der Waals surface area contributed by atoms with Gasteiger partial charge in [0.25, 0.3) is 5.91 Å². The number of carbonyl (C=O) groups excluding carboxylic acids is 1. The molecule has 0 bridgehead atoms. The second-order valence-electron chi connectivity index (χ2n) is 10.1. The van der Waals surface area contributed by atoms with Gasteiger partial charge in [0, 0.05) is 25.4 Å². The summed E-state index contributed by atoms with van der Waals surface area (Å²) in [6.45, 7) is 1.41. The number of anilines is 1. The van der Waals surface area contributed by atoms with E-state index >= 15 is 0 Å². The van der Waals surface area contributed by atoms with Gasteiger partial charge >= 0.3 is 0 Å². The summed E-state index contributed by atoms with van der Waals surface area (Å²) in [4.78, 5) is 28.5. The number of carbonyl (C=O) groups is 1. The highest BCUT2D eigenvalue weighted by Gasteiger charge is 2.28. The third-order valence-electron chi connectivity index (χ3n) is 7.41. The van der Waals surface area contributed by atoms with Gasteiger partial charge in [-0.15, -0.1) is 0 Å². The number of nitrogens with one attached hydrogen (secondary N) is 2. The molecule has 0 fully saturated rings. The molecule has 2 heterocycles. The Kier molecular flexibility index (Phi) is 7.06. The van der Waals surface area contributed by atoms with Crippen molar-refractivity contribution < 1.29 is 4.79 Å². The van der Waals surface area contributed by atoms with Crippen molar-refractivity contribution >= 4 is 22.6 Å². The zero-order valence-electron chi connectivity index (χ0n) is 22.0. The maximum absolute atomic E-state index is 12.9. The molecule has 0 spiro atoms. The van der Waals surface area contributed by atoms with E-state index in [2.05, 4.69) is 27.4 Å². The lowest BCUT2D eigenvalue weighted by Gasteiger charge is -2.34. The lowest BCUT2D eigenvalue weighted by atomic mass is 9.90. The first-order valence-electron chi connectivity index (χ1n) is 13.4. The van der Waals surface area contributed by atoms with Crippen LogP contribution >= 0.6 is 0 Å². The molecule has 6 rings (SSSR count). The number of imidazole rings is 1. The van der Waals surface area contributed by atoms with E-state index < -0.39 is 0 Å². The van der Waals surface area contributed by atoms with E-state index in [-0.39, 0.29) is 11.9 Å². The van der Waals surface area contributed by atoms with Crippen LogP contribution in [-0.2, 0) is 19.5 Å². The predicted octanol–water partition coefficient (Wildman–Crippen LogP) is 5.82. The summed E-state index contributed by atoms with van der Waals surface area (Å²) < 4.78 is 0. The van der Waals surface area contributed by atoms with Gasteiger partial charge < -0.3 is 4.98 Å². The van der Waals surface area contributed by atoms with Crippen molar-refractivity contribution in [3.63, 3.8) is 0 Å². The zero-order valence-corrected chi connectivity index (χ0v) is 22.0. The Labute approximate surface area is 228 Å². The molecule has 1 amide bonds. The van der Waals surface area contributed by atoms with Gasteiger partial charge in [0.2, 0.25) is 0 Å². The number of rotatable bonds is 8. The van der Waals surface area contributed by atoms with Gasteiger partial charge in [-0.05, 0) is 72.9 Å². The molecule has 0 aliphatic heterocycles. The molecular weight excluding hydrogens is 484 g/mol. The summed E-state index contributed by atoms with van der Waals surface area (Å²) in [5, 5.41) is 1.73. The smallest absolute Gasteiger partial charge is 0.269 e. The molecule has 0 radical (unpaired) electrons. The molecule has 2 N–H and O–H groups in total. The van der Waals surface area contributed by atoms with Crippen LogP contribution in [0.5, 0.6) is 0 Å². The minimum atomic E-state index is -0.141. The van der Waals surface area contributed by atoms with Gasteiger partial charge in [-0.3, -0.25) is 25.1 Å². The van der Waals surface area contributed by atoms with Crippen LogP contribution in [0.15, 0.2) is 97.2 Å². The van der Waals surface area contributed by atoms with Crippen LogP contribution in [0.25, 0.3) is 11.0 Å². The van der Waals surface area contributed by atoms with Crippen LogP contribution in [0.1, 0.15) is 51.9 Å². The minimum absolute atomic E-state index is 0.141. The van der Waals surface area contributed by atoms with Gasteiger partial charge in [0.1, 0.15) is 5.82 Å². The van der Waals surface area contributed by atoms with Crippen LogP contribution in [-0.4, -0.2) is 32.8 Å². The molecule has 2 aromatic heterocycles. The minimum Gasteiger partial charge on any atom is -0.341 e. The van der Waals surface area contributed by atoms with E-state index in [4.69, 9.17) is 9.97 Å². The number of amides is 1. The fourth-order valence-electron chi connectivity index (χ4n) is 5.42. The van der Waals surface area contributed by atoms with Crippen molar-refractivity contribution in [2.45, 2.75) is 38.4 Å². The summed E-state index contributed by atoms with van der Waals surface area (Å²) in [6, 6.07) is 30.2. The third kappa shape index (κ3) is 5.54. The van der Waals surface area contributed by atoms with Gasteiger partial charge in [-0.2, -0.15) is 0 Å². The Morgan fingerprint density at radius 2 is 1.74 bits per heavy atom. The summed E-state index contributed by atoms with van der Waals surface area (Å²) >= 11 is 0. The standard InChI is InChI=1S/C32H32N6O/c1-37(26-11-3-2-4-12-26)36-32(39)25-18-16-23(17-19-25)21-38(22-30-34-27-13-5-6-14-28(27)35-30)29-15-7-9-24-10-8-20-33-31(24)29/h2-6,8,10-14,16-20,29H,7,9,15,21-22H2,1H3,(H,34,35)(H,36,39). The summed E-state index contributed by atoms with van der Waals surface area (Å²) in [7, 11) is 1.84. The number of H-pyrrole nitrogens is 1. The molecule has 7 heteroatoms. The quantitative estimate of drug-likeness (QED) is 0.254. The van der Waals surface area contributed by atoms with Crippen LogP contribution in [0.2, 0.25) is 0 Å². The molecule has 1 aliphatic carbocycles. The number of hydrogen-bond acceptors (Lipinski definition) is 5. The first kappa shape index (κ1) is 24.8. The van der Waals surface area contributed by atoms with Crippen LogP contribution in [0, 0.1) is 0 Å². The van der Waals surface area contributed by atoms with E-state index in [1.54, 1.807) is 5.01 Å². The number of hydrogen-bond donors (Lipinski definition) is 2. The Morgan fingerprint density at radius 1 is 0.949 bits per heavy atom. The predicted molar refractivity (Wildman–Crippen MR) is 154 cm³/mol. The van der Waals surface area contributed by atoms with Gasteiger partial charge in [-0.1, -0.05) is 48.5 Å². The molecule has 1 atom stereocenters. The average molecular weight is 517 g/mol. The molecular formula is C32H32N6O. The molecule has 7 nitrogen and oxygen atoms in total. The van der Waals surface area contributed by atoms with Gasteiger partial charge in [0.15, 0.2) is 0 Å². The molecule has 196 valence electrons. The maximum Gasteiger partial charge on any atom is 0.269 e. The lowest BCUT2D eigenvalue weighted by Crippen LogP contribution is -2.39. The molecule has 5 aromatic rings. The van der Waals surface area contributed by atoms with E-state index in [1.807, 2.05) is 92.1 Å². The van der Waals surface area contributed by atoms with E-state index in [0.29, 0.717) is 12.1 Å². The second-order valence-corrected chi connectivity index (χ2v) is 10.1. The monoisotopic (exact) mass is 516 g/mol. The molecule has 0 saturated heterocycles. The Balaban J connectivity index is 1.22. The van der Waals surface area contributed by atoms with E-state index in [9.17, 15) is 4.79 Å². The first-order valence-corrected chi connectivity index (χ1v) is 13.4. The van der Waals surface area contributed by atoms with Crippen molar-refractivity contribution in [2.24, 2.45) is 0 Å². The molecule has 3 aromatic carbocycles. The number of aromatic amines is 1. The normalized spacial score (nSPS) is 14.8. The van der Waals surface area contributed by atoms with Crippen molar-refractivity contribution in [2.75, 3.05) is 12.1 Å². The fourth-order valence-corrected chi connectivity index (χ4v) is 5.42. The zero-order chi connectivity index (χ0) is 26.6. The lowest BCUT2D eigenvalue weighted by molar-refractivity contribution is 0.0951. The third-order valence-corrected chi connectivity index (χ3v) is 7.41. The Morgan fingerprint density at radius 3 is 2.56 bits per heavy atom. The average Bonchev–Trinajstić information content (AvgIpc) is 3.40. The fraction of sp³-hybridized carbons (Fsp3) is 0.219. The number of aryl methyl sites for hydroxylation is 1. The molecule has 1 unspecified atom stereocenters. The number of para-hydroxylation sites is 3. The van der Waals surface area contributed by atoms with Crippen LogP contribution < -0.4 is 10.4 Å². The molecule has 1 aliphatic rings. The van der Waals surface area contributed by atoms with Crippen molar-refractivity contribution in [3.05, 3.63) is 125 Å². The van der Waals surface area contributed by atoms with Crippen molar-refractivity contribution in [1.82, 2.24) is 25.3 Å². The summed E-state index contributed by atoms with van der Waals surface area (Å²) in [5.41, 5.74) is 10.1. The van der Waals surface area contributed by atoms with Crippen LogP contribution in [0.3, 0.4) is 0 Å². The van der Waals surface area contributed by atoms with Gasteiger partial charge in [-0.25, -0.2) is 4.98 Å². The Bertz CT molecular complexity index is 1530. The second kappa shape index (κ2) is 11.1. The summed E-state index contributed by atoms with van der Waals surface area (Å²) in [5.74, 6) is 0.802. The summed E-state index contributed by atoms with van der Waals surface area (Å²) in [6.07, 6.45) is 5.15. The SMILES string of the molecule is CN(NC(=O)c1ccc(CN(Cc2nc3ccccc3[nH]2)C2CCCc3cccnc32)cc1)c1ccccc1. The number of pyridine rings is 1. The number of aromatic nitrogens is 3. The number of nitrogens with zero attached hydrogens (tertiary/aromatic N) is 4. The topological polar surface area (TPSA) is 77.2 Å². The largest absolute Gasteiger partial charge is 0.341 e. The highest BCUT2D eigenvalue weighted by molar-refractivity contribution is 5.95.